The molecule has 2 rings (SSSR count). The fourth-order valence-corrected chi connectivity index (χ4v) is 3.93. The zero-order valence-electron chi connectivity index (χ0n) is 11.5. The Labute approximate surface area is 128 Å². The molecule has 21 heavy (non-hydrogen) atoms. The van der Waals surface area contributed by atoms with Crippen LogP contribution in [0.15, 0.2) is 18.2 Å². The summed E-state index contributed by atoms with van der Waals surface area (Å²) >= 11 is 5.97. The van der Waals surface area contributed by atoms with Gasteiger partial charge in [-0.3, -0.25) is 9.52 Å². The molecule has 0 amide bonds. The van der Waals surface area contributed by atoms with Crippen molar-refractivity contribution >= 4 is 33.5 Å². The highest BCUT2D eigenvalue weighted by Gasteiger charge is 2.36. The van der Waals surface area contributed by atoms with Crippen molar-refractivity contribution in [3.63, 3.8) is 0 Å². The van der Waals surface area contributed by atoms with Gasteiger partial charge in [0, 0.05) is 11.6 Å². The molecule has 6 nitrogen and oxygen atoms in total. The van der Waals surface area contributed by atoms with E-state index in [1.165, 1.54) is 6.07 Å². The summed E-state index contributed by atoms with van der Waals surface area (Å²) in [5.41, 5.74) is 1.15. The predicted octanol–water partition coefficient (Wildman–Crippen LogP) is 2.24. The van der Waals surface area contributed by atoms with Gasteiger partial charge in [-0.05, 0) is 43.9 Å². The van der Waals surface area contributed by atoms with Crippen molar-refractivity contribution in [3.8, 4) is 0 Å². The molecule has 0 spiro atoms. The Hall–Kier alpha value is -1.31. The Kier molecular flexibility index (Phi) is 4.75. The van der Waals surface area contributed by atoms with Gasteiger partial charge in [-0.2, -0.15) is 12.7 Å². The van der Waals surface area contributed by atoms with Gasteiger partial charge in [0.15, 0.2) is 0 Å². The minimum atomic E-state index is -3.92. The van der Waals surface area contributed by atoms with Crippen LogP contribution in [0.1, 0.15) is 24.8 Å². The van der Waals surface area contributed by atoms with E-state index in [-0.39, 0.29) is 6.54 Å². The molecule has 0 aliphatic carbocycles. The van der Waals surface area contributed by atoms with Crippen LogP contribution in [-0.4, -0.2) is 36.4 Å². The van der Waals surface area contributed by atoms with Crippen molar-refractivity contribution in [1.29, 1.82) is 0 Å². The molecule has 0 bridgehead atoms. The molecule has 0 saturated carbocycles. The molecule has 1 aromatic carbocycles. The van der Waals surface area contributed by atoms with E-state index in [2.05, 4.69) is 4.72 Å². The van der Waals surface area contributed by atoms with E-state index in [9.17, 15) is 13.2 Å². The van der Waals surface area contributed by atoms with Gasteiger partial charge in [-0.25, -0.2) is 0 Å². The zero-order valence-corrected chi connectivity index (χ0v) is 13.1. The van der Waals surface area contributed by atoms with Gasteiger partial charge < -0.3 is 5.11 Å². The van der Waals surface area contributed by atoms with Crippen LogP contribution in [0.2, 0.25) is 5.02 Å². The third-order valence-corrected chi connectivity index (χ3v) is 5.42. The summed E-state index contributed by atoms with van der Waals surface area (Å²) in [7, 11) is -3.92. The molecule has 1 unspecified atom stereocenters. The van der Waals surface area contributed by atoms with Crippen molar-refractivity contribution in [2.24, 2.45) is 0 Å². The standard InChI is InChI=1S/C13H17ClN2O4S/c1-9-5-6-10(8-11(9)14)15-21(19,20)16-7-3-2-4-12(16)13(17)18/h5-6,8,12,15H,2-4,7H2,1H3,(H,17,18). The number of halogens is 1. The third-order valence-electron chi connectivity index (χ3n) is 3.47. The highest BCUT2D eigenvalue weighted by atomic mass is 35.5. The van der Waals surface area contributed by atoms with Crippen LogP contribution in [0, 0.1) is 6.92 Å². The van der Waals surface area contributed by atoms with Crippen molar-refractivity contribution in [2.75, 3.05) is 11.3 Å². The van der Waals surface area contributed by atoms with E-state index in [0.717, 1.165) is 9.87 Å². The zero-order chi connectivity index (χ0) is 15.6. The minimum absolute atomic E-state index is 0.200. The van der Waals surface area contributed by atoms with Crippen molar-refractivity contribution in [1.82, 2.24) is 4.31 Å². The van der Waals surface area contributed by atoms with Gasteiger partial charge >= 0.3 is 16.2 Å². The first kappa shape index (κ1) is 16.1. The Balaban J connectivity index is 2.23. The second-order valence-electron chi connectivity index (χ2n) is 5.03. The smallest absolute Gasteiger partial charge is 0.322 e. The number of benzene rings is 1. The normalized spacial score (nSPS) is 20.2. The number of anilines is 1. The van der Waals surface area contributed by atoms with Gasteiger partial charge in [-0.15, -0.1) is 0 Å². The van der Waals surface area contributed by atoms with E-state index in [1.54, 1.807) is 12.1 Å². The molecule has 0 radical (unpaired) electrons. The van der Waals surface area contributed by atoms with E-state index < -0.39 is 22.2 Å². The number of piperidine rings is 1. The maximum Gasteiger partial charge on any atom is 0.322 e. The molecule has 116 valence electrons. The average molecular weight is 333 g/mol. The first-order valence-corrected chi connectivity index (χ1v) is 8.41. The highest BCUT2D eigenvalue weighted by molar-refractivity contribution is 7.90. The van der Waals surface area contributed by atoms with Crippen molar-refractivity contribution in [3.05, 3.63) is 28.8 Å². The van der Waals surface area contributed by atoms with Crippen molar-refractivity contribution in [2.45, 2.75) is 32.2 Å². The lowest BCUT2D eigenvalue weighted by Crippen LogP contribution is -2.49. The van der Waals surface area contributed by atoms with Crippen LogP contribution in [0.5, 0.6) is 0 Å². The quantitative estimate of drug-likeness (QED) is 0.885. The van der Waals surface area contributed by atoms with Crippen molar-refractivity contribution < 1.29 is 18.3 Å². The van der Waals surface area contributed by atoms with E-state index in [1.807, 2.05) is 6.92 Å². The number of carboxylic acids is 1. The maximum atomic E-state index is 12.4. The minimum Gasteiger partial charge on any atom is -0.480 e. The van der Waals surface area contributed by atoms with Gasteiger partial charge in [-0.1, -0.05) is 17.7 Å². The fraction of sp³-hybridized carbons (Fsp3) is 0.462. The first-order valence-electron chi connectivity index (χ1n) is 6.60. The highest BCUT2D eigenvalue weighted by Crippen LogP contribution is 2.24. The number of carboxylic acid groups (broad SMARTS) is 1. The summed E-state index contributed by atoms with van der Waals surface area (Å²) in [4.78, 5) is 11.2. The Morgan fingerprint density at radius 1 is 1.43 bits per heavy atom. The third kappa shape index (κ3) is 3.66. The SMILES string of the molecule is Cc1ccc(NS(=O)(=O)N2CCCCC2C(=O)O)cc1Cl. The maximum absolute atomic E-state index is 12.4. The average Bonchev–Trinajstić information content (AvgIpc) is 2.42. The van der Waals surface area contributed by atoms with Crippen LogP contribution in [-0.2, 0) is 15.0 Å². The monoisotopic (exact) mass is 332 g/mol. The molecule has 1 aromatic rings. The molecule has 1 saturated heterocycles. The number of nitrogens with one attached hydrogen (secondary N) is 1. The predicted molar refractivity (Wildman–Crippen MR) is 80.7 cm³/mol. The number of carbonyl (C=O) groups is 1. The Morgan fingerprint density at radius 2 is 2.14 bits per heavy atom. The summed E-state index contributed by atoms with van der Waals surface area (Å²) in [5.74, 6) is -1.12. The lowest BCUT2D eigenvalue weighted by atomic mass is 10.1. The molecule has 8 heteroatoms. The molecule has 2 N–H and O–H groups in total. The van der Waals surface area contributed by atoms with Crippen LogP contribution in [0.25, 0.3) is 0 Å². The summed E-state index contributed by atoms with van der Waals surface area (Å²) in [6.07, 6.45) is 1.68. The van der Waals surface area contributed by atoms with Crippen LogP contribution in [0.3, 0.4) is 0 Å². The number of hydrogen-bond acceptors (Lipinski definition) is 3. The molecule has 0 aromatic heterocycles. The molecule has 1 atom stereocenters. The second kappa shape index (κ2) is 6.21. The van der Waals surface area contributed by atoms with Gasteiger partial charge in [0.25, 0.3) is 0 Å². The lowest BCUT2D eigenvalue weighted by molar-refractivity contribution is -0.142. The molecule has 1 aliphatic rings. The number of aliphatic carboxylic acids is 1. The van der Waals surface area contributed by atoms with E-state index in [4.69, 9.17) is 16.7 Å². The molecule has 1 aliphatic heterocycles. The summed E-state index contributed by atoms with van der Waals surface area (Å²) in [6.45, 7) is 2.01. The second-order valence-corrected chi connectivity index (χ2v) is 7.06. The molecular weight excluding hydrogens is 316 g/mol. The largest absolute Gasteiger partial charge is 0.480 e. The number of aryl methyl sites for hydroxylation is 1. The fourth-order valence-electron chi connectivity index (χ4n) is 2.30. The van der Waals surface area contributed by atoms with Crippen LogP contribution >= 0.6 is 11.6 Å². The number of hydrogen-bond donors (Lipinski definition) is 2. The summed E-state index contributed by atoms with van der Waals surface area (Å²) < 4.78 is 28.1. The number of nitrogens with zero attached hydrogens (tertiary/aromatic N) is 1. The first-order chi connectivity index (χ1) is 9.81. The van der Waals surface area contributed by atoms with E-state index >= 15 is 0 Å². The summed E-state index contributed by atoms with van der Waals surface area (Å²) in [5, 5.41) is 9.61. The van der Waals surface area contributed by atoms with E-state index in [0.29, 0.717) is 30.0 Å². The number of rotatable bonds is 4. The lowest BCUT2D eigenvalue weighted by Gasteiger charge is -2.31. The van der Waals surface area contributed by atoms with Gasteiger partial charge in [0.1, 0.15) is 6.04 Å². The van der Waals surface area contributed by atoms with Crippen LogP contribution < -0.4 is 4.72 Å². The van der Waals surface area contributed by atoms with Gasteiger partial charge in [0.05, 0.1) is 5.69 Å². The topological polar surface area (TPSA) is 86.7 Å². The molecule has 1 heterocycles. The molecule has 1 fully saturated rings. The van der Waals surface area contributed by atoms with Crippen LogP contribution in [0.4, 0.5) is 5.69 Å². The van der Waals surface area contributed by atoms with Gasteiger partial charge in [0.2, 0.25) is 0 Å². The molecular formula is C13H17ClN2O4S. The summed E-state index contributed by atoms with van der Waals surface area (Å²) in [6, 6.07) is 3.79. The Bertz CT molecular complexity index is 648. The Morgan fingerprint density at radius 3 is 2.76 bits per heavy atom.